The van der Waals surface area contributed by atoms with E-state index >= 15 is 4.39 Å². The van der Waals surface area contributed by atoms with Crippen molar-refractivity contribution in [2.75, 3.05) is 31.1 Å². The van der Waals surface area contributed by atoms with Crippen LogP contribution in [0.4, 0.5) is 10.2 Å². The molecule has 5 rings (SSSR count). The number of benzene rings is 2. The average molecular weight is 437 g/mol. The SMILES string of the molecule is C#Cc1cccc2cccc(-c3ncc4c(N5CCN(C=CC=O)CC5)ncnc4c3F)c12. The maximum Gasteiger partial charge on any atom is 0.175 e. The van der Waals surface area contributed by atoms with Gasteiger partial charge in [0.25, 0.3) is 0 Å². The molecule has 0 spiro atoms. The van der Waals surface area contributed by atoms with Crippen LogP contribution in [0.5, 0.6) is 0 Å². The summed E-state index contributed by atoms with van der Waals surface area (Å²) in [6.07, 6.45) is 12.8. The monoisotopic (exact) mass is 437 g/mol. The average Bonchev–Trinajstić information content (AvgIpc) is 2.87. The molecular weight excluding hydrogens is 417 g/mol. The lowest BCUT2D eigenvalue weighted by Gasteiger charge is -2.35. The van der Waals surface area contributed by atoms with Crippen LogP contribution in [-0.4, -0.2) is 52.3 Å². The van der Waals surface area contributed by atoms with Crippen LogP contribution in [0.2, 0.25) is 0 Å². The first-order valence-electron chi connectivity index (χ1n) is 10.6. The van der Waals surface area contributed by atoms with Gasteiger partial charge in [-0.2, -0.15) is 0 Å². The van der Waals surface area contributed by atoms with Gasteiger partial charge in [0.1, 0.15) is 29.6 Å². The molecule has 6 nitrogen and oxygen atoms in total. The molecule has 0 atom stereocenters. The Labute approximate surface area is 190 Å². The Morgan fingerprint density at radius 2 is 1.82 bits per heavy atom. The maximum absolute atomic E-state index is 15.8. The highest BCUT2D eigenvalue weighted by molar-refractivity contribution is 6.01. The summed E-state index contributed by atoms with van der Waals surface area (Å²) in [5.41, 5.74) is 1.76. The van der Waals surface area contributed by atoms with Crippen molar-refractivity contribution in [3.05, 3.63) is 72.6 Å². The number of halogens is 1. The largest absolute Gasteiger partial charge is 0.374 e. The van der Waals surface area contributed by atoms with Crippen molar-refractivity contribution < 1.29 is 9.18 Å². The topological polar surface area (TPSA) is 62.2 Å². The van der Waals surface area contributed by atoms with Crippen molar-refractivity contribution in [3.63, 3.8) is 0 Å². The zero-order valence-corrected chi connectivity index (χ0v) is 17.8. The van der Waals surface area contributed by atoms with Crippen LogP contribution in [0, 0.1) is 18.2 Å². The molecule has 7 heteroatoms. The molecule has 1 saturated heterocycles. The molecule has 0 aliphatic carbocycles. The van der Waals surface area contributed by atoms with E-state index in [4.69, 9.17) is 6.42 Å². The highest BCUT2D eigenvalue weighted by atomic mass is 19.1. The minimum absolute atomic E-state index is 0.212. The number of pyridine rings is 1. The number of hydrogen-bond donors (Lipinski definition) is 0. The fourth-order valence-corrected chi connectivity index (χ4v) is 4.32. The molecule has 0 unspecified atom stereocenters. The molecule has 3 heterocycles. The van der Waals surface area contributed by atoms with Gasteiger partial charge in [0, 0.05) is 55.1 Å². The summed E-state index contributed by atoms with van der Waals surface area (Å²) < 4.78 is 15.8. The lowest BCUT2D eigenvalue weighted by molar-refractivity contribution is -0.104. The summed E-state index contributed by atoms with van der Waals surface area (Å²) >= 11 is 0. The molecule has 0 bridgehead atoms. The van der Waals surface area contributed by atoms with Crippen LogP contribution in [0.25, 0.3) is 32.9 Å². The van der Waals surface area contributed by atoms with E-state index < -0.39 is 5.82 Å². The standard InChI is InChI=1S/C26H20FN5O/c1-2-18-6-3-7-19-8-4-9-20(22(18)19)24-23(27)25-21(16-28-24)26(30-17-29-25)32-13-11-31(12-14-32)10-5-15-33/h1,3-10,15-17H,11-14H2. The van der Waals surface area contributed by atoms with Crippen molar-refractivity contribution in [2.45, 2.75) is 0 Å². The maximum atomic E-state index is 15.8. The van der Waals surface area contributed by atoms with Gasteiger partial charge >= 0.3 is 0 Å². The van der Waals surface area contributed by atoms with E-state index in [-0.39, 0.29) is 11.2 Å². The normalized spacial score (nSPS) is 14.2. The summed E-state index contributed by atoms with van der Waals surface area (Å²) in [7, 11) is 0. The third-order valence-corrected chi connectivity index (χ3v) is 5.91. The van der Waals surface area contributed by atoms with Gasteiger partial charge in [-0.05, 0) is 17.5 Å². The molecule has 0 amide bonds. The van der Waals surface area contributed by atoms with E-state index in [1.165, 1.54) is 12.4 Å². The molecule has 33 heavy (non-hydrogen) atoms. The number of carbonyl (C=O) groups is 1. The molecule has 0 saturated carbocycles. The van der Waals surface area contributed by atoms with Gasteiger partial charge in [0.15, 0.2) is 5.82 Å². The van der Waals surface area contributed by atoms with Gasteiger partial charge in [0.2, 0.25) is 0 Å². The Morgan fingerprint density at radius 1 is 1.03 bits per heavy atom. The van der Waals surface area contributed by atoms with Crippen molar-refractivity contribution in [2.24, 2.45) is 0 Å². The Kier molecular flexibility index (Phi) is 5.41. The number of allylic oxidation sites excluding steroid dienone is 1. The molecule has 162 valence electrons. The Bertz CT molecular complexity index is 1430. The first kappa shape index (κ1) is 20.6. The molecule has 0 radical (unpaired) electrons. The van der Waals surface area contributed by atoms with Crippen LogP contribution < -0.4 is 4.90 Å². The zero-order chi connectivity index (χ0) is 22.8. The van der Waals surface area contributed by atoms with Gasteiger partial charge < -0.3 is 9.80 Å². The van der Waals surface area contributed by atoms with Crippen molar-refractivity contribution in [1.82, 2.24) is 19.9 Å². The predicted molar refractivity (Wildman–Crippen MR) is 127 cm³/mol. The second kappa shape index (κ2) is 8.67. The second-order valence-corrected chi connectivity index (χ2v) is 7.73. The van der Waals surface area contributed by atoms with Crippen molar-refractivity contribution in [1.29, 1.82) is 0 Å². The third kappa shape index (κ3) is 3.66. The number of aldehydes is 1. The molecule has 1 aliphatic heterocycles. The summed E-state index contributed by atoms with van der Waals surface area (Å²) in [6, 6.07) is 11.3. The molecule has 0 N–H and O–H groups in total. The predicted octanol–water partition coefficient (Wildman–Crippen LogP) is 3.80. The summed E-state index contributed by atoms with van der Waals surface area (Å²) in [6.45, 7) is 2.84. The number of carbonyl (C=O) groups excluding carboxylic acids is 1. The number of anilines is 1. The van der Waals surface area contributed by atoms with Crippen LogP contribution in [0.1, 0.15) is 5.56 Å². The van der Waals surface area contributed by atoms with E-state index in [1.54, 1.807) is 12.4 Å². The van der Waals surface area contributed by atoms with Gasteiger partial charge in [-0.3, -0.25) is 9.78 Å². The third-order valence-electron chi connectivity index (χ3n) is 5.91. The molecule has 1 fully saturated rings. The number of fused-ring (bicyclic) bond motifs is 2. The lowest BCUT2D eigenvalue weighted by atomic mass is 9.97. The Hall–Kier alpha value is -4.31. The second-order valence-electron chi connectivity index (χ2n) is 7.73. The number of rotatable bonds is 4. The fourth-order valence-electron chi connectivity index (χ4n) is 4.32. The first-order chi connectivity index (χ1) is 16.2. The molecule has 4 aromatic rings. The smallest absolute Gasteiger partial charge is 0.175 e. The minimum Gasteiger partial charge on any atom is -0.374 e. The number of aromatic nitrogens is 3. The molecule has 1 aliphatic rings. The van der Waals surface area contributed by atoms with E-state index in [0.29, 0.717) is 35.4 Å². The fraction of sp³-hybridized carbons (Fsp3) is 0.154. The van der Waals surface area contributed by atoms with Gasteiger partial charge in [-0.25, -0.2) is 14.4 Å². The van der Waals surface area contributed by atoms with Crippen LogP contribution in [0.15, 0.2) is 61.2 Å². The number of piperazine rings is 1. The van der Waals surface area contributed by atoms with Crippen molar-refractivity contribution in [3.8, 4) is 23.6 Å². The van der Waals surface area contributed by atoms with Crippen LogP contribution >= 0.6 is 0 Å². The zero-order valence-electron chi connectivity index (χ0n) is 17.8. The van der Waals surface area contributed by atoms with E-state index in [1.807, 2.05) is 36.4 Å². The van der Waals surface area contributed by atoms with E-state index in [9.17, 15) is 4.79 Å². The van der Waals surface area contributed by atoms with Gasteiger partial charge in [-0.15, -0.1) is 6.42 Å². The van der Waals surface area contributed by atoms with E-state index in [2.05, 4.69) is 30.7 Å². The molecule has 2 aromatic carbocycles. The number of hydrogen-bond acceptors (Lipinski definition) is 6. The lowest BCUT2D eigenvalue weighted by Crippen LogP contribution is -2.44. The van der Waals surface area contributed by atoms with Gasteiger partial charge in [0.05, 0.1) is 5.39 Å². The highest BCUT2D eigenvalue weighted by Crippen LogP contribution is 2.34. The molecular formula is C26H20FN5O. The van der Waals surface area contributed by atoms with Crippen LogP contribution in [0.3, 0.4) is 0 Å². The molecule has 2 aromatic heterocycles. The van der Waals surface area contributed by atoms with Crippen LogP contribution in [-0.2, 0) is 4.79 Å². The Morgan fingerprint density at radius 3 is 2.58 bits per heavy atom. The van der Waals surface area contributed by atoms with Crippen molar-refractivity contribution >= 4 is 33.8 Å². The first-order valence-corrected chi connectivity index (χ1v) is 10.6. The quantitative estimate of drug-likeness (QED) is 0.275. The summed E-state index contributed by atoms with van der Waals surface area (Å²) in [5, 5.41) is 2.28. The van der Waals surface area contributed by atoms with Gasteiger partial charge in [-0.1, -0.05) is 36.3 Å². The number of nitrogens with zero attached hydrogens (tertiary/aromatic N) is 5. The minimum atomic E-state index is -0.497. The van der Waals surface area contributed by atoms with E-state index in [0.717, 1.165) is 30.1 Å². The highest BCUT2D eigenvalue weighted by Gasteiger charge is 2.22. The summed E-state index contributed by atoms with van der Waals surface area (Å²) in [4.78, 5) is 27.9. The number of terminal acetylenes is 1. The Balaban J connectivity index is 1.58. The summed E-state index contributed by atoms with van der Waals surface area (Å²) in [5.74, 6) is 2.85.